The van der Waals surface area contributed by atoms with Crippen LogP contribution >= 0.6 is 0 Å². The maximum atomic E-state index is 13.1. The first-order valence-electron chi connectivity index (χ1n) is 7.05. The number of hydrogen-bond acceptors (Lipinski definition) is 2. The molecule has 0 amide bonds. The van der Waals surface area contributed by atoms with Gasteiger partial charge >= 0.3 is 6.18 Å². The molecule has 1 heterocycles. The van der Waals surface area contributed by atoms with E-state index in [1.807, 2.05) is 6.92 Å². The highest BCUT2D eigenvalue weighted by Gasteiger charge is 2.37. The Balaban J connectivity index is 2.33. The van der Waals surface area contributed by atoms with Crippen molar-refractivity contribution in [2.75, 3.05) is 13.2 Å². The minimum atomic E-state index is -4.33. The van der Waals surface area contributed by atoms with Gasteiger partial charge in [-0.05, 0) is 37.4 Å². The highest BCUT2D eigenvalue weighted by molar-refractivity contribution is 5.33. The molecule has 1 N–H and O–H groups in total. The lowest BCUT2D eigenvalue weighted by molar-refractivity contribution is -0.139. The Hall–Kier alpha value is -1.07. The lowest BCUT2D eigenvalue weighted by Crippen LogP contribution is -2.37. The fourth-order valence-electron chi connectivity index (χ4n) is 2.72. The number of rotatable bonds is 4. The quantitative estimate of drug-likeness (QED) is 0.906. The van der Waals surface area contributed by atoms with Gasteiger partial charge in [-0.1, -0.05) is 25.1 Å². The Labute approximate surface area is 117 Å². The molecule has 0 aliphatic carbocycles. The molecule has 0 saturated carbocycles. The molecule has 2 nitrogen and oxygen atoms in total. The van der Waals surface area contributed by atoms with Crippen LogP contribution in [0.15, 0.2) is 24.3 Å². The SMILES string of the molecule is CCNC(c1ccccc1C(F)(F)F)C1CCCCO1. The van der Waals surface area contributed by atoms with Crippen LogP contribution in [0.2, 0.25) is 0 Å². The average Bonchev–Trinajstić information content (AvgIpc) is 2.45. The predicted molar refractivity (Wildman–Crippen MR) is 71.5 cm³/mol. The minimum Gasteiger partial charge on any atom is -0.376 e. The zero-order chi connectivity index (χ0) is 14.6. The standard InChI is InChI=1S/C15H20F3NO/c1-2-19-14(13-9-5-6-10-20-13)11-7-3-4-8-12(11)15(16,17)18/h3-4,7-8,13-14,19H,2,5-6,9-10H2,1H3. The molecule has 0 bridgehead atoms. The van der Waals surface area contributed by atoms with Crippen LogP contribution in [-0.2, 0) is 10.9 Å². The summed E-state index contributed by atoms with van der Waals surface area (Å²) in [7, 11) is 0. The van der Waals surface area contributed by atoms with Gasteiger partial charge < -0.3 is 10.1 Å². The molecule has 1 aromatic rings. The monoisotopic (exact) mass is 287 g/mol. The van der Waals surface area contributed by atoms with Crippen molar-refractivity contribution in [2.45, 2.75) is 44.5 Å². The maximum Gasteiger partial charge on any atom is 0.416 e. The number of likely N-dealkylation sites (N-methyl/N-ethyl adjacent to an activating group) is 1. The first kappa shape index (κ1) is 15.3. The Morgan fingerprint density at radius 3 is 2.65 bits per heavy atom. The molecular weight excluding hydrogens is 267 g/mol. The van der Waals surface area contributed by atoms with Crippen molar-refractivity contribution in [3.05, 3.63) is 35.4 Å². The lowest BCUT2D eigenvalue weighted by Gasteiger charge is -2.32. The third-order valence-electron chi connectivity index (χ3n) is 3.61. The molecule has 2 rings (SSSR count). The molecule has 5 heteroatoms. The first-order valence-corrected chi connectivity index (χ1v) is 7.05. The highest BCUT2D eigenvalue weighted by atomic mass is 19.4. The van der Waals surface area contributed by atoms with Crippen molar-refractivity contribution in [1.82, 2.24) is 5.32 Å². The summed E-state index contributed by atoms with van der Waals surface area (Å²) in [5.74, 6) is 0. The zero-order valence-electron chi connectivity index (χ0n) is 11.5. The van der Waals surface area contributed by atoms with Gasteiger partial charge in [0.15, 0.2) is 0 Å². The lowest BCUT2D eigenvalue weighted by atomic mass is 9.92. The van der Waals surface area contributed by atoms with Crippen molar-refractivity contribution >= 4 is 0 Å². The third kappa shape index (κ3) is 3.52. The molecule has 112 valence electrons. The van der Waals surface area contributed by atoms with E-state index < -0.39 is 17.8 Å². The topological polar surface area (TPSA) is 21.3 Å². The summed E-state index contributed by atoms with van der Waals surface area (Å²) < 4.78 is 45.1. The van der Waals surface area contributed by atoms with E-state index in [-0.39, 0.29) is 11.7 Å². The average molecular weight is 287 g/mol. The van der Waals surface area contributed by atoms with Crippen LogP contribution in [0.4, 0.5) is 13.2 Å². The van der Waals surface area contributed by atoms with Crippen LogP contribution in [0, 0.1) is 0 Å². The molecule has 1 aliphatic heterocycles. The van der Waals surface area contributed by atoms with Crippen LogP contribution in [0.25, 0.3) is 0 Å². The van der Waals surface area contributed by atoms with Gasteiger partial charge in [0.25, 0.3) is 0 Å². The normalized spacial score (nSPS) is 21.7. The summed E-state index contributed by atoms with van der Waals surface area (Å²) in [6.07, 6.45) is -1.74. The fraction of sp³-hybridized carbons (Fsp3) is 0.600. The van der Waals surface area contributed by atoms with E-state index in [4.69, 9.17) is 4.74 Å². The second kappa shape index (κ2) is 6.59. The Kier molecular flexibility index (Phi) is 5.05. The van der Waals surface area contributed by atoms with Gasteiger partial charge in [0.2, 0.25) is 0 Å². The number of benzene rings is 1. The summed E-state index contributed by atoms with van der Waals surface area (Å²) in [6, 6.07) is 5.36. The van der Waals surface area contributed by atoms with E-state index in [1.165, 1.54) is 6.07 Å². The Bertz CT molecular complexity index is 427. The second-order valence-electron chi connectivity index (χ2n) is 5.03. The molecule has 1 saturated heterocycles. The smallest absolute Gasteiger partial charge is 0.376 e. The largest absolute Gasteiger partial charge is 0.416 e. The van der Waals surface area contributed by atoms with Crippen molar-refractivity contribution in [2.24, 2.45) is 0 Å². The van der Waals surface area contributed by atoms with Gasteiger partial charge in [-0.15, -0.1) is 0 Å². The van der Waals surface area contributed by atoms with Crippen LogP contribution in [-0.4, -0.2) is 19.3 Å². The summed E-state index contributed by atoms with van der Waals surface area (Å²) in [5, 5.41) is 3.16. The summed E-state index contributed by atoms with van der Waals surface area (Å²) in [6.45, 7) is 3.13. The molecule has 20 heavy (non-hydrogen) atoms. The van der Waals surface area contributed by atoms with E-state index in [1.54, 1.807) is 12.1 Å². The van der Waals surface area contributed by atoms with Crippen molar-refractivity contribution < 1.29 is 17.9 Å². The molecule has 1 aliphatic rings. The van der Waals surface area contributed by atoms with Gasteiger partial charge in [0.1, 0.15) is 0 Å². The summed E-state index contributed by atoms with van der Waals surface area (Å²) in [4.78, 5) is 0. The number of hydrogen-bond donors (Lipinski definition) is 1. The van der Waals surface area contributed by atoms with Crippen molar-refractivity contribution in [1.29, 1.82) is 0 Å². The predicted octanol–water partition coefficient (Wildman–Crippen LogP) is 3.93. The molecule has 0 radical (unpaired) electrons. The molecular formula is C15H20F3NO. The van der Waals surface area contributed by atoms with Crippen LogP contribution < -0.4 is 5.32 Å². The highest BCUT2D eigenvalue weighted by Crippen LogP contribution is 2.37. The third-order valence-corrected chi connectivity index (χ3v) is 3.61. The number of ether oxygens (including phenoxy) is 1. The van der Waals surface area contributed by atoms with E-state index >= 15 is 0 Å². The van der Waals surface area contributed by atoms with Crippen LogP contribution in [0.3, 0.4) is 0 Å². The molecule has 2 unspecified atom stereocenters. The molecule has 0 spiro atoms. The van der Waals surface area contributed by atoms with Crippen molar-refractivity contribution in [3.8, 4) is 0 Å². The van der Waals surface area contributed by atoms with E-state index in [0.29, 0.717) is 13.2 Å². The molecule has 2 atom stereocenters. The van der Waals surface area contributed by atoms with E-state index in [9.17, 15) is 13.2 Å². The van der Waals surface area contributed by atoms with Crippen molar-refractivity contribution in [3.63, 3.8) is 0 Å². The zero-order valence-corrected chi connectivity index (χ0v) is 11.5. The van der Waals surface area contributed by atoms with Gasteiger partial charge in [-0.3, -0.25) is 0 Å². The molecule has 1 aromatic carbocycles. The first-order chi connectivity index (χ1) is 9.54. The van der Waals surface area contributed by atoms with Gasteiger partial charge in [0.05, 0.1) is 17.7 Å². The molecule has 0 aromatic heterocycles. The van der Waals surface area contributed by atoms with Crippen LogP contribution in [0.5, 0.6) is 0 Å². The fourth-order valence-corrected chi connectivity index (χ4v) is 2.72. The van der Waals surface area contributed by atoms with Gasteiger partial charge in [-0.2, -0.15) is 13.2 Å². The number of nitrogens with one attached hydrogen (secondary N) is 1. The summed E-state index contributed by atoms with van der Waals surface area (Å²) >= 11 is 0. The van der Waals surface area contributed by atoms with Crippen LogP contribution in [0.1, 0.15) is 43.4 Å². The Morgan fingerprint density at radius 1 is 1.30 bits per heavy atom. The van der Waals surface area contributed by atoms with Gasteiger partial charge in [0, 0.05) is 6.61 Å². The number of halogens is 3. The van der Waals surface area contributed by atoms with E-state index in [2.05, 4.69) is 5.32 Å². The molecule has 1 fully saturated rings. The Morgan fingerprint density at radius 2 is 2.05 bits per heavy atom. The van der Waals surface area contributed by atoms with E-state index in [0.717, 1.165) is 25.3 Å². The minimum absolute atomic E-state index is 0.188. The van der Waals surface area contributed by atoms with Gasteiger partial charge in [-0.25, -0.2) is 0 Å². The summed E-state index contributed by atoms with van der Waals surface area (Å²) in [5.41, 5.74) is -0.283. The number of alkyl halides is 3. The maximum absolute atomic E-state index is 13.1. The second-order valence-corrected chi connectivity index (χ2v) is 5.03.